The standard InChI is InChI=1S/C11H16N4S/c1-3-9(2)15-11(4-5-14-15)12-6-10-7-16-8-13-10/h4-5,7-9,12H,3,6H2,1-2H3. The molecule has 0 aliphatic heterocycles. The predicted octanol–water partition coefficient (Wildman–Crippen LogP) is 2.92. The fourth-order valence-corrected chi connectivity index (χ4v) is 2.04. The number of anilines is 1. The van der Waals surface area contributed by atoms with Gasteiger partial charge >= 0.3 is 0 Å². The van der Waals surface area contributed by atoms with Crippen molar-refractivity contribution in [2.75, 3.05) is 5.32 Å². The third kappa shape index (κ3) is 2.41. The summed E-state index contributed by atoms with van der Waals surface area (Å²) in [6.45, 7) is 5.09. The van der Waals surface area contributed by atoms with Gasteiger partial charge < -0.3 is 5.32 Å². The molecule has 0 saturated carbocycles. The van der Waals surface area contributed by atoms with Crippen molar-refractivity contribution in [3.63, 3.8) is 0 Å². The van der Waals surface area contributed by atoms with Crippen molar-refractivity contribution in [3.8, 4) is 0 Å². The lowest BCUT2D eigenvalue weighted by molar-refractivity contribution is 0.482. The Morgan fingerprint density at radius 1 is 1.56 bits per heavy atom. The molecule has 0 aliphatic rings. The van der Waals surface area contributed by atoms with Crippen LogP contribution in [0.5, 0.6) is 0 Å². The summed E-state index contributed by atoms with van der Waals surface area (Å²) < 4.78 is 2.02. The van der Waals surface area contributed by atoms with Crippen LogP contribution in [0.4, 0.5) is 5.82 Å². The Hall–Kier alpha value is -1.36. The molecule has 0 aliphatic carbocycles. The smallest absolute Gasteiger partial charge is 0.124 e. The quantitative estimate of drug-likeness (QED) is 0.868. The van der Waals surface area contributed by atoms with Gasteiger partial charge in [-0.25, -0.2) is 9.67 Å². The predicted molar refractivity (Wildman–Crippen MR) is 66.7 cm³/mol. The van der Waals surface area contributed by atoms with E-state index in [-0.39, 0.29) is 0 Å². The van der Waals surface area contributed by atoms with Crippen molar-refractivity contribution in [3.05, 3.63) is 28.8 Å². The van der Waals surface area contributed by atoms with E-state index in [1.807, 2.05) is 22.5 Å². The molecule has 0 radical (unpaired) electrons. The van der Waals surface area contributed by atoms with Gasteiger partial charge in [0.2, 0.25) is 0 Å². The molecular formula is C11H16N4S. The zero-order valence-electron chi connectivity index (χ0n) is 9.55. The van der Waals surface area contributed by atoms with Crippen molar-refractivity contribution in [2.24, 2.45) is 0 Å². The fraction of sp³-hybridized carbons (Fsp3) is 0.455. The number of thiazole rings is 1. The Kier molecular flexibility index (Phi) is 3.56. The normalized spacial score (nSPS) is 12.6. The summed E-state index contributed by atoms with van der Waals surface area (Å²) >= 11 is 1.62. The third-order valence-electron chi connectivity index (χ3n) is 2.61. The van der Waals surface area contributed by atoms with E-state index in [2.05, 4.69) is 34.6 Å². The van der Waals surface area contributed by atoms with Crippen molar-refractivity contribution in [1.82, 2.24) is 14.8 Å². The summed E-state index contributed by atoms with van der Waals surface area (Å²) in [5.74, 6) is 1.06. The third-order valence-corrected chi connectivity index (χ3v) is 3.25. The average molecular weight is 236 g/mol. The molecule has 1 N–H and O–H groups in total. The van der Waals surface area contributed by atoms with Crippen molar-refractivity contribution < 1.29 is 0 Å². The molecule has 5 heteroatoms. The highest BCUT2D eigenvalue weighted by atomic mass is 32.1. The van der Waals surface area contributed by atoms with E-state index >= 15 is 0 Å². The zero-order chi connectivity index (χ0) is 11.4. The second-order valence-corrected chi connectivity index (χ2v) is 4.47. The van der Waals surface area contributed by atoms with Gasteiger partial charge in [-0.05, 0) is 13.3 Å². The molecule has 0 fully saturated rings. The molecule has 4 nitrogen and oxygen atoms in total. The Morgan fingerprint density at radius 3 is 3.12 bits per heavy atom. The van der Waals surface area contributed by atoms with Gasteiger partial charge in [0.05, 0.1) is 30.0 Å². The number of hydrogen-bond donors (Lipinski definition) is 1. The Morgan fingerprint density at radius 2 is 2.44 bits per heavy atom. The molecule has 0 saturated heterocycles. The van der Waals surface area contributed by atoms with Crippen LogP contribution in [0.25, 0.3) is 0 Å². The fourth-order valence-electron chi connectivity index (χ4n) is 1.48. The van der Waals surface area contributed by atoms with Gasteiger partial charge in [-0.3, -0.25) is 0 Å². The van der Waals surface area contributed by atoms with Crippen LogP contribution in [0.15, 0.2) is 23.2 Å². The summed E-state index contributed by atoms with van der Waals surface area (Å²) in [4.78, 5) is 4.24. The number of nitrogens with one attached hydrogen (secondary N) is 1. The summed E-state index contributed by atoms with van der Waals surface area (Å²) in [7, 11) is 0. The van der Waals surface area contributed by atoms with Gasteiger partial charge in [0, 0.05) is 11.4 Å². The van der Waals surface area contributed by atoms with Gasteiger partial charge in [-0.2, -0.15) is 5.10 Å². The van der Waals surface area contributed by atoms with Gasteiger partial charge in [-0.15, -0.1) is 11.3 Å². The second-order valence-electron chi connectivity index (χ2n) is 3.75. The van der Waals surface area contributed by atoms with E-state index in [0.29, 0.717) is 6.04 Å². The maximum atomic E-state index is 4.32. The summed E-state index contributed by atoms with van der Waals surface area (Å²) in [6.07, 6.45) is 2.91. The molecule has 1 unspecified atom stereocenters. The molecule has 2 aromatic heterocycles. The molecule has 16 heavy (non-hydrogen) atoms. The molecular weight excluding hydrogens is 220 g/mol. The van der Waals surface area contributed by atoms with Crippen molar-refractivity contribution in [1.29, 1.82) is 0 Å². The maximum absolute atomic E-state index is 4.32. The summed E-state index contributed by atoms with van der Waals surface area (Å²) in [6, 6.07) is 2.42. The molecule has 0 bridgehead atoms. The first-order valence-electron chi connectivity index (χ1n) is 5.45. The van der Waals surface area contributed by atoms with E-state index in [0.717, 1.165) is 24.5 Å². The molecule has 2 aromatic rings. The topological polar surface area (TPSA) is 42.7 Å². The van der Waals surface area contributed by atoms with Crippen molar-refractivity contribution >= 4 is 17.2 Å². The molecule has 0 aromatic carbocycles. The first kappa shape index (κ1) is 11.1. The van der Waals surface area contributed by atoms with Crippen LogP contribution in [-0.2, 0) is 6.54 Å². The van der Waals surface area contributed by atoms with Gasteiger partial charge in [0.15, 0.2) is 0 Å². The van der Waals surface area contributed by atoms with E-state index in [4.69, 9.17) is 0 Å². The minimum absolute atomic E-state index is 0.424. The molecule has 1 atom stereocenters. The molecule has 0 amide bonds. The van der Waals surface area contributed by atoms with Crippen LogP contribution in [0.3, 0.4) is 0 Å². The number of nitrogens with zero attached hydrogens (tertiary/aromatic N) is 3. The Bertz CT molecular complexity index is 421. The average Bonchev–Trinajstić information content (AvgIpc) is 2.96. The Balaban J connectivity index is 2.01. The van der Waals surface area contributed by atoms with Gasteiger partial charge in [0.25, 0.3) is 0 Å². The lowest BCUT2D eigenvalue weighted by Crippen LogP contribution is -2.11. The summed E-state index contributed by atoms with van der Waals surface area (Å²) in [5.41, 5.74) is 2.92. The molecule has 86 valence electrons. The Labute approximate surface area is 99.3 Å². The monoisotopic (exact) mass is 236 g/mol. The van der Waals surface area contributed by atoms with E-state index in [1.54, 1.807) is 11.3 Å². The minimum atomic E-state index is 0.424. The zero-order valence-corrected chi connectivity index (χ0v) is 10.4. The van der Waals surface area contributed by atoms with E-state index in [9.17, 15) is 0 Å². The first-order valence-corrected chi connectivity index (χ1v) is 6.40. The van der Waals surface area contributed by atoms with E-state index in [1.165, 1.54) is 0 Å². The van der Waals surface area contributed by atoms with Crippen molar-refractivity contribution in [2.45, 2.75) is 32.9 Å². The molecule has 2 rings (SSSR count). The highest BCUT2D eigenvalue weighted by Gasteiger charge is 2.07. The van der Waals surface area contributed by atoms with Crippen LogP contribution in [0.1, 0.15) is 32.0 Å². The van der Waals surface area contributed by atoms with Crippen LogP contribution >= 0.6 is 11.3 Å². The van der Waals surface area contributed by atoms with Crippen LogP contribution in [0.2, 0.25) is 0 Å². The number of hydrogen-bond acceptors (Lipinski definition) is 4. The maximum Gasteiger partial charge on any atom is 0.124 e. The highest BCUT2D eigenvalue weighted by molar-refractivity contribution is 7.07. The lowest BCUT2D eigenvalue weighted by Gasteiger charge is -2.14. The number of aromatic nitrogens is 3. The minimum Gasteiger partial charge on any atom is -0.365 e. The first-order chi connectivity index (χ1) is 7.81. The van der Waals surface area contributed by atoms with Gasteiger partial charge in [0.1, 0.15) is 5.82 Å². The largest absolute Gasteiger partial charge is 0.365 e. The van der Waals surface area contributed by atoms with Crippen LogP contribution < -0.4 is 5.32 Å². The van der Waals surface area contributed by atoms with Gasteiger partial charge in [-0.1, -0.05) is 6.92 Å². The number of rotatable bonds is 5. The van der Waals surface area contributed by atoms with E-state index < -0.39 is 0 Å². The van der Waals surface area contributed by atoms with Crippen LogP contribution in [0, 0.1) is 0 Å². The molecule has 2 heterocycles. The van der Waals surface area contributed by atoms with Crippen LogP contribution in [-0.4, -0.2) is 14.8 Å². The molecule has 0 spiro atoms. The second kappa shape index (κ2) is 5.12. The lowest BCUT2D eigenvalue weighted by atomic mass is 10.3. The highest BCUT2D eigenvalue weighted by Crippen LogP contribution is 2.17. The SMILES string of the molecule is CCC(C)n1nccc1NCc1cscn1. The summed E-state index contributed by atoms with van der Waals surface area (Å²) in [5, 5.41) is 9.73.